The molecule has 1 N–H and O–H groups in total. The standard InChI is InChI=1S/C22H27FN2O3/c1-25(2)21(16-6-3-8-18(23)12-16)14-24-22(26)17-7-4-9-19(13-17)28-15-20-10-5-11-27-20/h3-4,6-9,12-13,20-21H,5,10-11,14-15H2,1-2H3,(H,24,26). The zero-order valence-electron chi connectivity index (χ0n) is 16.4. The van der Waals surface area contributed by atoms with Gasteiger partial charge in [-0.15, -0.1) is 0 Å². The Hall–Kier alpha value is -2.44. The molecule has 1 fully saturated rings. The summed E-state index contributed by atoms with van der Waals surface area (Å²) in [6.45, 7) is 1.65. The highest BCUT2D eigenvalue weighted by Gasteiger charge is 2.18. The minimum absolute atomic E-state index is 0.126. The van der Waals surface area contributed by atoms with Crippen LogP contribution in [0.2, 0.25) is 0 Å². The van der Waals surface area contributed by atoms with E-state index < -0.39 is 0 Å². The quantitative estimate of drug-likeness (QED) is 0.755. The molecule has 2 aromatic rings. The van der Waals surface area contributed by atoms with E-state index in [2.05, 4.69) is 5.32 Å². The number of nitrogens with zero attached hydrogens (tertiary/aromatic N) is 1. The second-order valence-electron chi connectivity index (χ2n) is 7.22. The number of amides is 1. The van der Waals surface area contributed by atoms with E-state index >= 15 is 0 Å². The second-order valence-corrected chi connectivity index (χ2v) is 7.22. The summed E-state index contributed by atoms with van der Waals surface area (Å²) < 4.78 is 24.9. The minimum atomic E-state index is -0.285. The third-order valence-electron chi connectivity index (χ3n) is 4.87. The molecule has 0 aromatic heterocycles. The van der Waals surface area contributed by atoms with Crippen molar-refractivity contribution in [1.82, 2.24) is 10.2 Å². The van der Waals surface area contributed by atoms with Gasteiger partial charge in [0.15, 0.2) is 0 Å². The molecule has 1 aliphatic heterocycles. The Balaban J connectivity index is 1.59. The molecule has 1 saturated heterocycles. The molecule has 0 aliphatic carbocycles. The van der Waals surface area contributed by atoms with Gasteiger partial charge in [0.1, 0.15) is 18.2 Å². The fourth-order valence-electron chi connectivity index (χ4n) is 3.30. The van der Waals surface area contributed by atoms with Crippen molar-refractivity contribution in [2.75, 3.05) is 33.9 Å². The molecule has 1 heterocycles. The maximum Gasteiger partial charge on any atom is 0.251 e. The summed E-state index contributed by atoms with van der Waals surface area (Å²) in [5.41, 5.74) is 1.35. The summed E-state index contributed by atoms with van der Waals surface area (Å²) in [6.07, 6.45) is 2.20. The number of rotatable bonds is 8. The van der Waals surface area contributed by atoms with E-state index in [1.807, 2.05) is 31.1 Å². The Labute approximate surface area is 165 Å². The molecule has 2 aromatic carbocycles. The lowest BCUT2D eigenvalue weighted by atomic mass is 10.1. The van der Waals surface area contributed by atoms with Crippen LogP contribution in [0.1, 0.15) is 34.8 Å². The van der Waals surface area contributed by atoms with Crippen molar-refractivity contribution in [3.05, 3.63) is 65.5 Å². The number of hydrogen-bond acceptors (Lipinski definition) is 4. The van der Waals surface area contributed by atoms with Gasteiger partial charge in [-0.05, 0) is 62.8 Å². The molecule has 0 spiro atoms. The monoisotopic (exact) mass is 386 g/mol. The maximum absolute atomic E-state index is 13.6. The topological polar surface area (TPSA) is 50.8 Å². The highest BCUT2D eigenvalue weighted by molar-refractivity contribution is 5.94. The van der Waals surface area contributed by atoms with Crippen molar-refractivity contribution in [3.8, 4) is 5.75 Å². The van der Waals surface area contributed by atoms with Gasteiger partial charge in [0.2, 0.25) is 0 Å². The van der Waals surface area contributed by atoms with E-state index in [1.165, 1.54) is 12.1 Å². The van der Waals surface area contributed by atoms with Crippen LogP contribution >= 0.6 is 0 Å². The van der Waals surface area contributed by atoms with Crippen molar-refractivity contribution >= 4 is 5.91 Å². The van der Waals surface area contributed by atoms with Crippen LogP contribution in [0.4, 0.5) is 4.39 Å². The van der Waals surface area contributed by atoms with Crippen LogP contribution in [0.15, 0.2) is 48.5 Å². The number of benzene rings is 2. The number of carbonyl (C=O) groups excluding carboxylic acids is 1. The fourth-order valence-corrected chi connectivity index (χ4v) is 3.30. The van der Waals surface area contributed by atoms with E-state index in [1.54, 1.807) is 24.3 Å². The fraction of sp³-hybridized carbons (Fsp3) is 0.409. The van der Waals surface area contributed by atoms with Crippen LogP contribution < -0.4 is 10.1 Å². The largest absolute Gasteiger partial charge is 0.491 e. The third-order valence-corrected chi connectivity index (χ3v) is 4.87. The number of carbonyl (C=O) groups is 1. The van der Waals surface area contributed by atoms with Gasteiger partial charge in [-0.2, -0.15) is 0 Å². The maximum atomic E-state index is 13.6. The number of ether oxygens (including phenoxy) is 2. The molecule has 6 heteroatoms. The van der Waals surface area contributed by atoms with Gasteiger partial charge in [-0.1, -0.05) is 18.2 Å². The highest BCUT2D eigenvalue weighted by atomic mass is 19.1. The van der Waals surface area contributed by atoms with Crippen molar-refractivity contribution < 1.29 is 18.7 Å². The average Bonchev–Trinajstić information content (AvgIpc) is 3.20. The number of likely N-dealkylation sites (N-methyl/N-ethyl adjacent to an activating group) is 1. The summed E-state index contributed by atoms with van der Waals surface area (Å²) >= 11 is 0. The highest BCUT2D eigenvalue weighted by Crippen LogP contribution is 2.20. The van der Waals surface area contributed by atoms with Crippen molar-refractivity contribution in [2.45, 2.75) is 25.0 Å². The first-order chi connectivity index (χ1) is 13.5. The molecular weight excluding hydrogens is 359 g/mol. The van der Waals surface area contributed by atoms with E-state index in [0.717, 1.165) is 25.0 Å². The van der Waals surface area contributed by atoms with Crippen molar-refractivity contribution in [3.63, 3.8) is 0 Å². The zero-order valence-corrected chi connectivity index (χ0v) is 16.4. The molecule has 150 valence electrons. The first-order valence-corrected chi connectivity index (χ1v) is 9.57. The predicted molar refractivity (Wildman–Crippen MR) is 106 cm³/mol. The molecule has 0 radical (unpaired) electrons. The Morgan fingerprint density at radius 1 is 1.29 bits per heavy atom. The summed E-state index contributed by atoms with van der Waals surface area (Å²) in [4.78, 5) is 14.6. The summed E-state index contributed by atoms with van der Waals surface area (Å²) in [5.74, 6) is 0.176. The molecule has 0 bridgehead atoms. The molecule has 28 heavy (non-hydrogen) atoms. The van der Waals surface area contributed by atoms with Gasteiger partial charge < -0.3 is 19.7 Å². The smallest absolute Gasteiger partial charge is 0.251 e. The van der Waals surface area contributed by atoms with Crippen LogP contribution in [0.3, 0.4) is 0 Å². The lowest BCUT2D eigenvalue weighted by Crippen LogP contribution is -2.34. The van der Waals surface area contributed by atoms with E-state index in [4.69, 9.17) is 9.47 Å². The predicted octanol–water partition coefficient (Wildman–Crippen LogP) is 3.42. The van der Waals surface area contributed by atoms with Crippen LogP contribution in [0, 0.1) is 5.82 Å². The lowest BCUT2D eigenvalue weighted by molar-refractivity contribution is 0.0679. The van der Waals surface area contributed by atoms with Gasteiger partial charge in [0.05, 0.1) is 12.1 Å². The molecule has 5 nitrogen and oxygen atoms in total. The zero-order chi connectivity index (χ0) is 19.9. The summed E-state index contributed by atoms with van der Waals surface area (Å²) in [6, 6.07) is 13.4. The minimum Gasteiger partial charge on any atom is -0.491 e. The van der Waals surface area contributed by atoms with E-state index in [9.17, 15) is 9.18 Å². The Morgan fingerprint density at radius 3 is 2.82 bits per heavy atom. The molecular formula is C22H27FN2O3. The molecule has 2 atom stereocenters. The number of hydrogen-bond donors (Lipinski definition) is 1. The molecule has 1 amide bonds. The Bertz CT molecular complexity index is 791. The average molecular weight is 386 g/mol. The Kier molecular flexibility index (Phi) is 7.01. The second kappa shape index (κ2) is 9.66. The first kappa shape index (κ1) is 20.3. The molecule has 1 aliphatic rings. The molecule has 0 saturated carbocycles. The van der Waals surface area contributed by atoms with Crippen LogP contribution in [0.25, 0.3) is 0 Å². The number of halogens is 1. The van der Waals surface area contributed by atoms with Crippen molar-refractivity contribution in [1.29, 1.82) is 0 Å². The SMILES string of the molecule is CN(C)C(CNC(=O)c1cccc(OCC2CCCO2)c1)c1cccc(F)c1. The Morgan fingerprint density at radius 2 is 2.11 bits per heavy atom. The van der Waals surface area contributed by atoms with E-state index in [-0.39, 0.29) is 23.9 Å². The molecule has 3 rings (SSSR count). The number of nitrogens with one attached hydrogen (secondary N) is 1. The van der Waals surface area contributed by atoms with Crippen LogP contribution in [0.5, 0.6) is 5.75 Å². The van der Waals surface area contributed by atoms with E-state index in [0.29, 0.717) is 24.5 Å². The van der Waals surface area contributed by atoms with Gasteiger partial charge in [-0.3, -0.25) is 4.79 Å². The lowest BCUT2D eigenvalue weighted by Gasteiger charge is -2.25. The van der Waals surface area contributed by atoms with Gasteiger partial charge >= 0.3 is 0 Å². The van der Waals surface area contributed by atoms with Crippen LogP contribution in [-0.4, -0.2) is 50.8 Å². The van der Waals surface area contributed by atoms with Crippen molar-refractivity contribution in [2.24, 2.45) is 0 Å². The van der Waals surface area contributed by atoms with Crippen LogP contribution in [-0.2, 0) is 4.74 Å². The van der Waals surface area contributed by atoms with Gasteiger partial charge in [0.25, 0.3) is 5.91 Å². The summed E-state index contributed by atoms with van der Waals surface area (Å²) in [7, 11) is 3.81. The third kappa shape index (κ3) is 5.53. The molecule has 2 unspecified atom stereocenters. The summed E-state index contributed by atoms with van der Waals surface area (Å²) in [5, 5.41) is 2.94. The first-order valence-electron chi connectivity index (χ1n) is 9.57. The van der Waals surface area contributed by atoms with Gasteiger partial charge in [0, 0.05) is 18.7 Å². The normalized spacial score (nSPS) is 17.5. The van der Waals surface area contributed by atoms with Gasteiger partial charge in [-0.25, -0.2) is 4.39 Å².